The number of aliphatic imine (C=N–C) groups is 1. The first-order chi connectivity index (χ1) is 6.26. The zero-order valence-electron chi connectivity index (χ0n) is 7.66. The van der Waals surface area contributed by atoms with Gasteiger partial charge in [0, 0.05) is 19.0 Å². The maximum Gasteiger partial charge on any atom is 0.194 e. The molecule has 0 radical (unpaired) electrons. The highest BCUT2D eigenvalue weighted by Crippen LogP contribution is 2.14. The van der Waals surface area contributed by atoms with Crippen molar-refractivity contribution in [2.75, 3.05) is 19.4 Å². The number of thiazole rings is 1. The molecule has 0 bridgehead atoms. The summed E-state index contributed by atoms with van der Waals surface area (Å²) >= 11 is 1.51. The van der Waals surface area contributed by atoms with Gasteiger partial charge >= 0.3 is 0 Å². The van der Waals surface area contributed by atoms with Crippen LogP contribution in [0.2, 0.25) is 0 Å². The smallest absolute Gasteiger partial charge is 0.194 e. The van der Waals surface area contributed by atoms with Crippen molar-refractivity contribution in [2.24, 2.45) is 10.7 Å². The van der Waals surface area contributed by atoms with Crippen molar-refractivity contribution in [3.05, 3.63) is 11.1 Å². The molecule has 1 aromatic heterocycles. The van der Waals surface area contributed by atoms with Crippen molar-refractivity contribution >= 4 is 22.4 Å². The van der Waals surface area contributed by atoms with Crippen molar-refractivity contribution in [1.82, 2.24) is 10.3 Å². The van der Waals surface area contributed by atoms with E-state index in [1.54, 1.807) is 7.05 Å². The second kappa shape index (κ2) is 4.78. The maximum absolute atomic E-state index is 5.48. The maximum atomic E-state index is 5.48. The monoisotopic (exact) mass is 199 g/mol. The van der Waals surface area contributed by atoms with E-state index in [2.05, 4.69) is 20.6 Å². The van der Waals surface area contributed by atoms with Gasteiger partial charge in [0.05, 0.1) is 5.69 Å². The first kappa shape index (κ1) is 9.94. The summed E-state index contributed by atoms with van der Waals surface area (Å²) in [5.74, 6) is 0.380. The third kappa shape index (κ3) is 3.00. The molecule has 1 rings (SSSR count). The van der Waals surface area contributed by atoms with Gasteiger partial charge in [-0.05, 0) is 7.05 Å². The Labute approximate surface area is 81.1 Å². The minimum Gasteiger partial charge on any atom is -0.370 e. The van der Waals surface area contributed by atoms with Crippen LogP contribution in [-0.4, -0.2) is 25.0 Å². The van der Waals surface area contributed by atoms with Crippen molar-refractivity contribution in [3.8, 4) is 0 Å². The number of nitrogens with zero attached hydrogens (tertiary/aromatic N) is 2. The zero-order chi connectivity index (χ0) is 9.68. The molecule has 0 aliphatic rings. The summed E-state index contributed by atoms with van der Waals surface area (Å²) < 4.78 is 0. The summed E-state index contributed by atoms with van der Waals surface area (Å²) in [5, 5.41) is 8.64. The molecule has 4 N–H and O–H groups in total. The number of hydrogen-bond donors (Lipinski definition) is 3. The van der Waals surface area contributed by atoms with Gasteiger partial charge in [0.1, 0.15) is 0 Å². The summed E-state index contributed by atoms with van der Waals surface area (Å²) in [6.45, 7) is 0.765. The Morgan fingerprint density at radius 1 is 1.77 bits per heavy atom. The predicted octanol–water partition coefficient (Wildman–Crippen LogP) is 0.219. The fraction of sp³-hybridized carbons (Fsp3) is 0.429. The van der Waals surface area contributed by atoms with E-state index in [9.17, 15) is 0 Å². The van der Waals surface area contributed by atoms with Crippen LogP contribution in [0.25, 0.3) is 0 Å². The van der Waals surface area contributed by atoms with Gasteiger partial charge in [-0.15, -0.1) is 11.3 Å². The highest BCUT2D eigenvalue weighted by Gasteiger charge is 2.00. The molecule has 0 amide bonds. The van der Waals surface area contributed by atoms with Crippen LogP contribution in [0.5, 0.6) is 0 Å². The van der Waals surface area contributed by atoms with Crippen LogP contribution >= 0.6 is 11.3 Å². The Bertz CT molecular complexity index is 293. The summed E-state index contributed by atoms with van der Waals surface area (Å²) in [4.78, 5) is 8.05. The summed E-state index contributed by atoms with van der Waals surface area (Å²) in [7, 11) is 3.51. The lowest BCUT2D eigenvalue weighted by Crippen LogP contribution is -2.21. The van der Waals surface area contributed by atoms with E-state index in [1.165, 1.54) is 11.3 Å². The van der Waals surface area contributed by atoms with E-state index < -0.39 is 0 Å². The van der Waals surface area contributed by atoms with Crippen LogP contribution in [0.4, 0.5) is 5.13 Å². The molecule has 5 nitrogen and oxygen atoms in total. The molecule has 0 aromatic carbocycles. The highest BCUT2D eigenvalue weighted by molar-refractivity contribution is 7.13. The molecule has 6 heteroatoms. The molecular formula is C7H13N5S. The van der Waals surface area contributed by atoms with Crippen LogP contribution in [-0.2, 0) is 6.54 Å². The molecule has 0 saturated heterocycles. The molecule has 0 aliphatic carbocycles. The molecule has 0 spiro atoms. The number of aromatic nitrogens is 1. The number of nitrogens with one attached hydrogen (secondary N) is 2. The minimum atomic E-state index is 0.380. The predicted molar refractivity (Wildman–Crippen MR) is 56.0 cm³/mol. The van der Waals surface area contributed by atoms with Gasteiger partial charge in [0.25, 0.3) is 0 Å². The van der Waals surface area contributed by atoms with E-state index in [0.29, 0.717) is 5.96 Å². The minimum absolute atomic E-state index is 0.380. The zero-order valence-corrected chi connectivity index (χ0v) is 8.48. The highest BCUT2D eigenvalue weighted by atomic mass is 32.1. The Morgan fingerprint density at radius 2 is 2.54 bits per heavy atom. The van der Waals surface area contributed by atoms with Crippen LogP contribution in [0.3, 0.4) is 0 Å². The molecular weight excluding hydrogens is 186 g/mol. The van der Waals surface area contributed by atoms with Gasteiger partial charge in [0.2, 0.25) is 0 Å². The molecule has 1 aromatic rings. The van der Waals surface area contributed by atoms with Gasteiger partial charge in [0.15, 0.2) is 11.1 Å². The number of rotatable bonds is 3. The lowest BCUT2D eigenvalue weighted by Gasteiger charge is -1.98. The summed E-state index contributed by atoms with van der Waals surface area (Å²) in [5.41, 5.74) is 6.48. The van der Waals surface area contributed by atoms with E-state index in [0.717, 1.165) is 17.4 Å². The van der Waals surface area contributed by atoms with Crippen molar-refractivity contribution in [1.29, 1.82) is 0 Å². The first-order valence-electron chi connectivity index (χ1n) is 3.84. The van der Waals surface area contributed by atoms with Gasteiger partial charge in [-0.2, -0.15) is 0 Å². The number of anilines is 1. The molecule has 0 atom stereocenters. The third-order valence-corrected chi connectivity index (χ3v) is 2.19. The van der Waals surface area contributed by atoms with Crippen LogP contribution < -0.4 is 16.4 Å². The van der Waals surface area contributed by atoms with Gasteiger partial charge in [-0.25, -0.2) is 4.98 Å². The van der Waals surface area contributed by atoms with Gasteiger partial charge < -0.3 is 16.4 Å². The van der Waals surface area contributed by atoms with E-state index in [1.807, 2.05) is 12.4 Å². The Kier molecular flexibility index (Phi) is 3.66. The summed E-state index contributed by atoms with van der Waals surface area (Å²) in [6.07, 6.45) is 0. The first-order valence-corrected chi connectivity index (χ1v) is 4.72. The fourth-order valence-corrected chi connectivity index (χ4v) is 1.51. The Hall–Kier alpha value is -1.14. The second-order valence-corrected chi connectivity index (χ2v) is 3.27. The second-order valence-electron chi connectivity index (χ2n) is 2.41. The third-order valence-electron chi connectivity index (χ3n) is 1.39. The molecule has 1 heterocycles. The van der Waals surface area contributed by atoms with E-state index in [-0.39, 0.29) is 0 Å². The fourth-order valence-electron chi connectivity index (χ4n) is 0.792. The standard InChI is InChI=1S/C7H13N5S/c1-9-3-5-4-13-7(11-5)12-6(8)10-2/h4,9H,3H2,1-2H3,(H3,8,10,11,12). The SMILES string of the molecule is CN=C(N)Nc1nc(CNC)cs1. The average Bonchev–Trinajstić information content (AvgIpc) is 2.53. The number of guanidine groups is 1. The van der Waals surface area contributed by atoms with Gasteiger partial charge in [-0.1, -0.05) is 0 Å². The molecule has 13 heavy (non-hydrogen) atoms. The molecule has 0 fully saturated rings. The lowest BCUT2D eigenvalue weighted by atomic mass is 10.5. The van der Waals surface area contributed by atoms with Crippen molar-refractivity contribution < 1.29 is 0 Å². The molecule has 72 valence electrons. The largest absolute Gasteiger partial charge is 0.370 e. The van der Waals surface area contributed by atoms with Crippen molar-refractivity contribution in [2.45, 2.75) is 6.54 Å². The lowest BCUT2D eigenvalue weighted by molar-refractivity contribution is 0.798. The van der Waals surface area contributed by atoms with Crippen LogP contribution in [0.1, 0.15) is 5.69 Å². The molecule has 0 unspecified atom stereocenters. The average molecular weight is 199 g/mol. The van der Waals surface area contributed by atoms with Crippen LogP contribution in [0.15, 0.2) is 10.4 Å². The summed E-state index contributed by atoms with van der Waals surface area (Å²) in [6, 6.07) is 0. The van der Waals surface area contributed by atoms with Crippen molar-refractivity contribution in [3.63, 3.8) is 0 Å². The quantitative estimate of drug-likeness (QED) is 0.481. The number of nitrogens with two attached hydrogens (primary N) is 1. The Morgan fingerprint density at radius 3 is 3.15 bits per heavy atom. The Balaban J connectivity index is 2.58. The normalized spacial score (nSPS) is 11.7. The topological polar surface area (TPSA) is 75.3 Å². The molecule has 0 saturated carbocycles. The van der Waals surface area contributed by atoms with E-state index in [4.69, 9.17) is 5.73 Å². The van der Waals surface area contributed by atoms with Gasteiger partial charge in [-0.3, -0.25) is 4.99 Å². The van der Waals surface area contributed by atoms with Crippen LogP contribution in [0, 0.1) is 0 Å². The van der Waals surface area contributed by atoms with E-state index >= 15 is 0 Å². The number of hydrogen-bond acceptors (Lipinski definition) is 4. The molecule has 0 aliphatic heterocycles.